The molecule has 118 valence electrons. The molecule has 3 rings (SSSR count). The van der Waals surface area contributed by atoms with Gasteiger partial charge in [0, 0.05) is 25.4 Å². The zero-order valence-corrected chi connectivity index (χ0v) is 14.6. The lowest BCUT2D eigenvalue weighted by Gasteiger charge is -2.11. The first kappa shape index (κ1) is 14.4. The lowest BCUT2D eigenvalue weighted by molar-refractivity contribution is -0.665. The van der Waals surface area contributed by atoms with Crippen LogP contribution in [0, 0.1) is 19.8 Å². The number of nitrogens with zero attached hydrogens (tertiary/aromatic N) is 2. The number of hydrogen-bond donors (Lipinski definition) is 0. The summed E-state index contributed by atoms with van der Waals surface area (Å²) in [6.07, 6.45) is 4.78. The molecule has 0 aliphatic rings. The topological polar surface area (TPSA) is 16.8 Å². The minimum atomic E-state index is 0.611. The van der Waals surface area contributed by atoms with E-state index in [-0.39, 0.29) is 0 Å². The maximum absolute atomic E-state index is 8.59. The third kappa shape index (κ3) is 2.98. The van der Waals surface area contributed by atoms with E-state index in [1.54, 1.807) is 0 Å². The van der Waals surface area contributed by atoms with Crippen molar-refractivity contribution in [1.82, 2.24) is 4.98 Å². The van der Waals surface area contributed by atoms with Gasteiger partial charge in [-0.05, 0) is 47.9 Å². The molecule has 0 fully saturated rings. The first-order valence-electron chi connectivity index (χ1n) is 8.73. The Bertz CT molecular complexity index is 913. The molecule has 0 N–H and O–H groups in total. The highest BCUT2D eigenvalue weighted by Crippen LogP contribution is 2.29. The zero-order valence-electron chi connectivity index (χ0n) is 15.6. The SMILES string of the molecule is [2H]c1c(C)[n+](C)c(-c2ccncc2C)c2ccc(CC(C)C)cc12. The monoisotopic (exact) mass is 306 g/mol. The molecule has 3 aromatic rings. The van der Waals surface area contributed by atoms with Gasteiger partial charge in [0.25, 0.3) is 0 Å². The molecular formula is C21H25N2+. The van der Waals surface area contributed by atoms with Crippen molar-refractivity contribution >= 4 is 10.8 Å². The molecule has 0 amide bonds. The number of hydrogen-bond acceptors (Lipinski definition) is 1. The summed E-state index contributed by atoms with van der Waals surface area (Å²) in [6.45, 7) is 8.57. The fourth-order valence-corrected chi connectivity index (χ4v) is 3.19. The van der Waals surface area contributed by atoms with Crippen LogP contribution >= 0.6 is 0 Å². The highest BCUT2D eigenvalue weighted by Gasteiger charge is 2.19. The van der Waals surface area contributed by atoms with E-state index in [1.807, 2.05) is 26.4 Å². The van der Waals surface area contributed by atoms with E-state index >= 15 is 0 Å². The van der Waals surface area contributed by atoms with Gasteiger partial charge in [0.2, 0.25) is 5.69 Å². The molecule has 0 unspecified atom stereocenters. The molecule has 23 heavy (non-hydrogen) atoms. The number of pyridine rings is 2. The van der Waals surface area contributed by atoms with E-state index in [0.717, 1.165) is 34.1 Å². The standard InChI is InChI=1S/C21H25N2/c1-14(2)10-17-6-7-20-18(12-17)11-16(4)23(5)21(20)19-8-9-22-13-15(19)3/h6-9,11-14H,10H2,1-5H3/q+1/i11D. The largest absolute Gasteiger partial charge is 0.264 e. The van der Waals surface area contributed by atoms with Gasteiger partial charge in [0.05, 0.1) is 12.3 Å². The second-order valence-electron chi connectivity index (χ2n) is 6.79. The molecule has 0 saturated carbocycles. The van der Waals surface area contributed by atoms with Gasteiger partial charge in [-0.1, -0.05) is 26.0 Å². The number of aromatic nitrogens is 2. The Morgan fingerprint density at radius 2 is 2.00 bits per heavy atom. The Balaban J connectivity index is 2.35. The summed E-state index contributed by atoms with van der Waals surface area (Å²) in [7, 11) is 2.05. The number of rotatable bonds is 3. The van der Waals surface area contributed by atoms with E-state index < -0.39 is 0 Å². The van der Waals surface area contributed by atoms with E-state index in [2.05, 4.69) is 54.6 Å². The molecule has 0 aliphatic carbocycles. The van der Waals surface area contributed by atoms with Crippen molar-refractivity contribution in [2.45, 2.75) is 34.1 Å². The van der Waals surface area contributed by atoms with Crippen molar-refractivity contribution in [3.8, 4) is 11.3 Å². The summed E-state index contributed by atoms with van der Waals surface area (Å²) in [6, 6.07) is 9.27. The molecule has 2 nitrogen and oxygen atoms in total. The van der Waals surface area contributed by atoms with Gasteiger partial charge in [-0.25, -0.2) is 0 Å². The van der Waals surface area contributed by atoms with Crippen LogP contribution in [0.2, 0.25) is 0 Å². The summed E-state index contributed by atoms with van der Waals surface area (Å²) >= 11 is 0. The van der Waals surface area contributed by atoms with E-state index in [4.69, 9.17) is 1.37 Å². The first-order valence-corrected chi connectivity index (χ1v) is 8.23. The smallest absolute Gasteiger partial charge is 0.220 e. The molecule has 0 spiro atoms. The maximum Gasteiger partial charge on any atom is 0.220 e. The Morgan fingerprint density at radius 1 is 1.22 bits per heavy atom. The van der Waals surface area contributed by atoms with Gasteiger partial charge >= 0.3 is 0 Å². The average Bonchev–Trinajstić information content (AvgIpc) is 2.54. The number of aryl methyl sites for hydroxylation is 1. The van der Waals surface area contributed by atoms with E-state index in [9.17, 15) is 0 Å². The van der Waals surface area contributed by atoms with Crippen LogP contribution in [-0.4, -0.2) is 4.98 Å². The lowest BCUT2D eigenvalue weighted by atomic mass is 9.96. The maximum atomic E-state index is 8.59. The van der Waals surface area contributed by atoms with E-state index in [0.29, 0.717) is 12.0 Å². The van der Waals surface area contributed by atoms with Crippen LogP contribution in [0.3, 0.4) is 0 Å². The molecular weight excluding hydrogens is 280 g/mol. The molecule has 0 aliphatic heterocycles. The second kappa shape index (κ2) is 6.11. The van der Waals surface area contributed by atoms with Crippen LogP contribution < -0.4 is 4.57 Å². The van der Waals surface area contributed by atoms with Gasteiger partial charge in [0.15, 0.2) is 5.69 Å². The van der Waals surface area contributed by atoms with Crippen LogP contribution in [0.1, 0.15) is 32.0 Å². The van der Waals surface area contributed by atoms with Crippen LogP contribution in [-0.2, 0) is 13.5 Å². The highest BCUT2D eigenvalue weighted by molar-refractivity contribution is 5.94. The van der Waals surface area contributed by atoms with Crippen molar-refractivity contribution in [2.24, 2.45) is 13.0 Å². The second-order valence-corrected chi connectivity index (χ2v) is 6.79. The minimum absolute atomic E-state index is 0.611. The quantitative estimate of drug-likeness (QED) is 0.649. The fraction of sp³-hybridized carbons (Fsp3) is 0.333. The summed E-state index contributed by atoms with van der Waals surface area (Å²) in [5, 5.41) is 2.17. The van der Waals surface area contributed by atoms with Crippen LogP contribution in [0.4, 0.5) is 0 Å². The Kier molecular flexibility index (Phi) is 3.82. The van der Waals surface area contributed by atoms with Crippen molar-refractivity contribution in [2.75, 3.05) is 0 Å². The van der Waals surface area contributed by atoms with Crippen LogP contribution in [0.15, 0.2) is 42.7 Å². The molecule has 0 saturated heterocycles. The van der Waals surface area contributed by atoms with Crippen molar-refractivity contribution in [3.63, 3.8) is 0 Å². The van der Waals surface area contributed by atoms with Crippen LogP contribution in [0.5, 0.6) is 0 Å². The van der Waals surface area contributed by atoms with Gasteiger partial charge in [-0.2, -0.15) is 4.57 Å². The zero-order chi connectivity index (χ0) is 17.4. The predicted molar refractivity (Wildman–Crippen MR) is 96.4 cm³/mol. The first-order chi connectivity index (χ1) is 11.4. The van der Waals surface area contributed by atoms with Crippen molar-refractivity contribution in [3.05, 3.63) is 59.5 Å². The lowest BCUT2D eigenvalue weighted by Crippen LogP contribution is -2.35. The summed E-state index contributed by atoms with van der Waals surface area (Å²) < 4.78 is 10.7. The molecule has 2 heteroatoms. The summed E-state index contributed by atoms with van der Waals surface area (Å²) in [5.41, 5.74) is 5.77. The molecule has 2 heterocycles. The normalized spacial score (nSPS) is 12.0. The molecule has 0 atom stereocenters. The van der Waals surface area contributed by atoms with E-state index in [1.165, 1.54) is 11.1 Å². The average molecular weight is 306 g/mol. The van der Waals surface area contributed by atoms with Gasteiger partial charge in [0.1, 0.15) is 7.05 Å². The Morgan fingerprint density at radius 3 is 2.70 bits per heavy atom. The third-order valence-electron chi connectivity index (χ3n) is 4.41. The molecule has 1 aromatic carbocycles. The summed E-state index contributed by atoms with van der Waals surface area (Å²) in [5.74, 6) is 0.611. The van der Waals surface area contributed by atoms with Gasteiger partial charge in [-0.3, -0.25) is 4.98 Å². The fourth-order valence-electron chi connectivity index (χ4n) is 3.19. The van der Waals surface area contributed by atoms with Crippen molar-refractivity contribution < 1.29 is 5.94 Å². The minimum Gasteiger partial charge on any atom is -0.264 e. The van der Waals surface area contributed by atoms with Crippen molar-refractivity contribution in [1.29, 1.82) is 0 Å². The number of benzene rings is 1. The predicted octanol–water partition coefficient (Wildman–Crippen LogP) is 4.54. The van der Waals surface area contributed by atoms with Gasteiger partial charge in [-0.15, -0.1) is 0 Å². The molecule has 0 radical (unpaired) electrons. The molecule has 2 aromatic heterocycles. The van der Waals surface area contributed by atoms with Crippen LogP contribution in [0.25, 0.3) is 22.0 Å². The third-order valence-corrected chi connectivity index (χ3v) is 4.41. The highest BCUT2D eigenvalue weighted by atomic mass is 14.9. The molecule has 0 bridgehead atoms. The van der Waals surface area contributed by atoms with Gasteiger partial charge < -0.3 is 0 Å². The Labute approximate surface area is 140 Å². The number of fused-ring (bicyclic) bond motifs is 1. The Hall–Kier alpha value is -2.22. The summed E-state index contributed by atoms with van der Waals surface area (Å²) in [4.78, 5) is 4.22.